The van der Waals surface area contributed by atoms with Gasteiger partial charge in [0, 0.05) is 12.2 Å². The third-order valence-corrected chi connectivity index (χ3v) is 4.13. The van der Waals surface area contributed by atoms with E-state index in [9.17, 15) is 9.59 Å². The van der Waals surface area contributed by atoms with Gasteiger partial charge in [0.15, 0.2) is 0 Å². The SMILES string of the molecule is CCOC(=O)C1=C(CN(C)Cc2ccc(C)o2)NC(=O)N[C@@H]1c1ccco1. The number of esters is 1. The Bertz CT molecular complexity index is 837. The van der Waals surface area contributed by atoms with Gasteiger partial charge in [-0.2, -0.15) is 0 Å². The number of nitrogens with zero attached hydrogens (tertiary/aromatic N) is 1. The Morgan fingerprint density at radius 2 is 2.11 bits per heavy atom. The molecule has 2 aromatic heterocycles. The van der Waals surface area contributed by atoms with Crippen LogP contribution in [0.3, 0.4) is 0 Å². The summed E-state index contributed by atoms with van der Waals surface area (Å²) in [5.74, 6) is 1.60. The summed E-state index contributed by atoms with van der Waals surface area (Å²) in [5.41, 5.74) is 0.804. The lowest BCUT2D eigenvalue weighted by Gasteiger charge is -2.29. The van der Waals surface area contributed by atoms with Crippen LogP contribution in [-0.2, 0) is 16.1 Å². The number of likely N-dealkylation sites (N-methyl/N-ethyl adjacent to an activating group) is 1. The summed E-state index contributed by atoms with van der Waals surface area (Å²) >= 11 is 0. The van der Waals surface area contributed by atoms with E-state index >= 15 is 0 Å². The number of carbonyl (C=O) groups is 2. The lowest BCUT2D eigenvalue weighted by atomic mass is 10.00. The van der Waals surface area contributed by atoms with Crippen molar-refractivity contribution in [3.05, 3.63) is 59.1 Å². The molecule has 3 rings (SSSR count). The van der Waals surface area contributed by atoms with Crippen LogP contribution < -0.4 is 10.6 Å². The summed E-state index contributed by atoms with van der Waals surface area (Å²) in [4.78, 5) is 26.7. The summed E-state index contributed by atoms with van der Waals surface area (Å²) in [6.07, 6.45) is 1.50. The number of ether oxygens (including phenoxy) is 1. The normalized spacial score (nSPS) is 17.0. The van der Waals surface area contributed by atoms with Crippen molar-refractivity contribution >= 4 is 12.0 Å². The van der Waals surface area contributed by atoms with Crippen molar-refractivity contribution in [2.24, 2.45) is 0 Å². The molecule has 144 valence electrons. The second kappa shape index (κ2) is 8.13. The zero-order valence-electron chi connectivity index (χ0n) is 15.6. The molecular formula is C19H23N3O5. The first-order valence-electron chi connectivity index (χ1n) is 8.73. The van der Waals surface area contributed by atoms with Crippen LogP contribution >= 0.6 is 0 Å². The van der Waals surface area contributed by atoms with E-state index in [-0.39, 0.29) is 6.61 Å². The van der Waals surface area contributed by atoms with Gasteiger partial charge in [-0.15, -0.1) is 0 Å². The van der Waals surface area contributed by atoms with Gasteiger partial charge >= 0.3 is 12.0 Å². The molecule has 0 bridgehead atoms. The van der Waals surface area contributed by atoms with Crippen LogP contribution in [0.2, 0.25) is 0 Å². The van der Waals surface area contributed by atoms with Crippen LogP contribution in [-0.4, -0.2) is 37.1 Å². The minimum atomic E-state index is -0.706. The van der Waals surface area contributed by atoms with E-state index in [2.05, 4.69) is 10.6 Å². The number of aryl methyl sites for hydroxylation is 1. The standard InChI is InChI=1S/C19H23N3O5/c1-4-25-18(23)16-14(11-22(3)10-13-8-7-12(2)27-13)20-19(24)21-17(16)15-6-5-9-26-15/h5-9,17H,4,10-11H2,1-3H3,(H2,20,21,24)/t17-/m1/s1. The zero-order valence-corrected chi connectivity index (χ0v) is 15.6. The first kappa shape index (κ1) is 18.8. The fourth-order valence-electron chi connectivity index (χ4n) is 3.02. The predicted octanol–water partition coefficient (Wildman–Crippen LogP) is 2.48. The summed E-state index contributed by atoms with van der Waals surface area (Å²) in [7, 11) is 1.88. The Kier molecular flexibility index (Phi) is 5.66. The van der Waals surface area contributed by atoms with Crippen molar-refractivity contribution in [1.82, 2.24) is 15.5 Å². The van der Waals surface area contributed by atoms with E-state index in [0.717, 1.165) is 11.5 Å². The quantitative estimate of drug-likeness (QED) is 0.724. The van der Waals surface area contributed by atoms with E-state index in [1.165, 1.54) is 6.26 Å². The number of urea groups is 1. The van der Waals surface area contributed by atoms with Crippen molar-refractivity contribution in [1.29, 1.82) is 0 Å². The number of furan rings is 2. The molecule has 2 amide bonds. The molecule has 0 saturated carbocycles. The summed E-state index contributed by atoms with van der Waals surface area (Å²) in [6.45, 7) is 4.71. The topological polar surface area (TPSA) is 97.0 Å². The Balaban J connectivity index is 1.89. The zero-order chi connectivity index (χ0) is 19.4. The molecule has 0 aliphatic carbocycles. The van der Waals surface area contributed by atoms with Gasteiger partial charge in [0.2, 0.25) is 0 Å². The van der Waals surface area contributed by atoms with Crippen LogP contribution in [0.1, 0.15) is 30.2 Å². The molecule has 0 radical (unpaired) electrons. The number of carbonyl (C=O) groups excluding carboxylic acids is 2. The average molecular weight is 373 g/mol. The molecule has 27 heavy (non-hydrogen) atoms. The highest BCUT2D eigenvalue weighted by Gasteiger charge is 2.35. The maximum Gasteiger partial charge on any atom is 0.338 e. The van der Waals surface area contributed by atoms with Crippen molar-refractivity contribution in [3.8, 4) is 0 Å². The molecule has 0 fully saturated rings. The summed E-state index contributed by atoms with van der Waals surface area (Å²) < 4.78 is 16.2. The van der Waals surface area contributed by atoms with E-state index in [1.54, 1.807) is 19.1 Å². The fraction of sp³-hybridized carbons (Fsp3) is 0.368. The molecule has 0 aromatic carbocycles. The first-order valence-corrected chi connectivity index (χ1v) is 8.73. The second-order valence-corrected chi connectivity index (χ2v) is 6.34. The molecule has 8 heteroatoms. The Morgan fingerprint density at radius 3 is 2.74 bits per heavy atom. The smallest absolute Gasteiger partial charge is 0.338 e. The van der Waals surface area contributed by atoms with Crippen LogP contribution in [0.25, 0.3) is 0 Å². The number of amides is 2. The van der Waals surface area contributed by atoms with Crippen LogP contribution in [0.15, 0.2) is 50.6 Å². The third kappa shape index (κ3) is 4.40. The molecule has 8 nitrogen and oxygen atoms in total. The number of nitrogens with one attached hydrogen (secondary N) is 2. The van der Waals surface area contributed by atoms with Gasteiger partial charge in [-0.05, 0) is 45.2 Å². The van der Waals surface area contributed by atoms with Gasteiger partial charge < -0.3 is 24.2 Å². The molecule has 2 N–H and O–H groups in total. The van der Waals surface area contributed by atoms with Crippen LogP contribution in [0.4, 0.5) is 4.79 Å². The minimum absolute atomic E-state index is 0.232. The van der Waals surface area contributed by atoms with Gasteiger partial charge in [-0.1, -0.05) is 0 Å². The van der Waals surface area contributed by atoms with Crippen LogP contribution in [0, 0.1) is 6.92 Å². The van der Waals surface area contributed by atoms with Crippen molar-refractivity contribution < 1.29 is 23.2 Å². The van der Waals surface area contributed by atoms with Gasteiger partial charge in [0.1, 0.15) is 23.3 Å². The maximum absolute atomic E-state index is 12.6. The monoisotopic (exact) mass is 373 g/mol. The van der Waals surface area contributed by atoms with Crippen molar-refractivity contribution in [2.45, 2.75) is 26.4 Å². The Hall–Kier alpha value is -3.00. The van der Waals surface area contributed by atoms with Crippen molar-refractivity contribution in [2.75, 3.05) is 20.2 Å². The molecule has 1 atom stereocenters. The molecular weight excluding hydrogens is 350 g/mol. The van der Waals surface area contributed by atoms with Crippen molar-refractivity contribution in [3.63, 3.8) is 0 Å². The highest BCUT2D eigenvalue weighted by atomic mass is 16.5. The maximum atomic E-state index is 12.6. The average Bonchev–Trinajstić information content (AvgIpc) is 3.26. The van der Waals surface area contributed by atoms with Crippen LogP contribution in [0.5, 0.6) is 0 Å². The Morgan fingerprint density at radius 1 is 1.30 bits per heavy atom. The molecule has 0 unspecified atom stereocenters. The largest absolute Gasteiger partial charge is 0.467 e. The molecule has 3 heterocycles. The van der Waals surface area contributed by atoms with Gasteiger partial charge in [0.25, 0.3) is 0 Å². The number of hydrogen-bond acceptors (Lipinski definition) is 6. The predicted molar refractivity (Wildman–Crippen MR) is 96.6 cm³/mol. The summed E-state index contributed by atoms with van der Waals surface area (Å²) in [5, 5.41) is 5.46. The molecule has 0 saturated heterocycles. The molecule has 1 aliphatic heterocycles. The minimum Gasteiger partial charge on any atom is -0.467 e. The highest BCUT2D eigenvalue weighted by Crippen LogP contribution is 2.28. The number of hydrogen-bond donors (Lipinski definition) is 2. The van der Waals surface area contributed by atoms with E-state index in [4.69, 9.17) is 13.6 Å². The van der Waals surface area contributed by atoms with E-state index < -0.39 is 18.0 Å². The van der Waals surface area contributed by atoms with E-state index in [0.29, 0.717) is 30.1 Å². The van der Waals surface area contributed by atoms with Gasteiger partial charge in [-0.3, -0.25) is 4.90 Å². The number of rotatable bonds is 7. The Labute approximate surface area is 157 Å². The summed E-state index contributed by atoms with van der Waals surface area (Å²) in [6, 6.07) is 6.11. The molecule has 2 aromatic rings. The van der Waals surface area contributed by atoms with Gasteiger partial charge in [-0.25, -0.2) is 9.59 Å². The lowest BCUT2D eigenvalue weighted by Crippen LogP contribution is -2.48. The lowest BCUT2D eigenvalue weighted by molar-refractivity contribution is -0.139. The third-order valence-electron chi connectivity index (χ3n) is 4.13. The fourth-order valence-corrected chi connectivity index (χ4v) is 3.02. The molecule has 0 spiro atoms. The highest BCUT2D eigenvalue weighted by molar-refractivity contribution is 5.95. The first-order chi connectivity index (χ1) is 13.0. The van der Waals surface area contributed by atoms with E-state index in [1.807, 2.05) is 31.0 Å². The molecule has 1 aliphatic rings. The van der Waals surface area contributed by atoms with Gasteiger partial charge in [0.05, 0.1) is 25.0 Å². The second-order valence-electron chi connectivity index (χ2n) is 6.34.